The molecule has 1 amide bonds. The van der Waals surface area contributed by atoms with Crippen LogP contribution in [-0.2, 0) is 4.74 Å². The Labute approximate surface area is 186 Å². The fourth-order valence-electron chi connectivity index (χ4n) is 3.91. The molecule has 3 aliphatic rings. The van der Waals surface area contributed by atoms with Crippen molar-refractivity contribution < 1.29 is 9.53 Å². The zero-order chi connectivity index (χ0) is 22.1. The Bertz CT molecular complexity index is 1130. The molecule has 3 heterocycles. The molecule has 5 rings (SSSR count). The predicted octanol–water partition coefficient (Wildman–Crippen LogP) is 2.16. The molecule has 0 unspecified atom stereocenters. The van der Waals surface area contributed by atoms with Crippen molar-refractivity contribution in [2.45, 2.75) is 6.42 Å². The average molecular weight is 432 g/mol. The highest BCUT2D eigenvalue weighted by Gasteiger charge is 2.22. The fourth-order valence-corrected chi connectivity index (χ4v) is 3.91. The van der Waals surface area contributed by atoms with Gasteiger partial charge in [0, 0.05) is 43.7 Å². The van der Waals surface area contributed by atoms with Crippen LogP contribution in [0.15, 0.2) is 60.0 Å². The van der Waals surface area contributed by atoms with Gasteiger partial charge in [0.05, 0.1) is 24.6 Å². The Balaban J connectivity index is 1.49. The molecule has 0 bridgehead atoms. The molecule has 2 aliphatic heterocycles. The predicted molar refractivity (Wildman–Crippen MR) is 123 cm³/mol. The van der Waals surface area contributed by atoms with Gasteiger partial charge >= 0.3 is 0 Å². The second-order valence-corrected chi connectivity index (χ2v) is 7.86. The number of hydrogen-bond acceptors (Lipinski definition) is 8. The number of likely N-dealkylation sites (N-methyl/N-ethyl adjacent to an activating group) is 1. The van der Waals surface area contributed by atoms with E-state index in [9.17, 15) is 4.79 Å². The number of anilines is 3. The summed E-state index contributed by atoms with van der Waals surface area (Å²) < 4.78 is 5.49. The molecule has 2 aromatic rings. The number of ether oxygens (including phenoxy) is 1. The van der Waals surface area contributed by atoms with E-state index in [1.54, 1.807) is 12.1 Å². The highest BCUT2D eigenvalue weighted by atomic mass is 16.5. The number of nitrogens with two attached hydrogens (primary N) is 1. The Morgan fingerprint density at radius 3 is 2.72 bits per heavy atom. The number of aromatic nitrogens is 2. The van der Waals surface area contributed by atoms with Crippen LogP contribution in [0.3, 0.4) is 0 Å². The molecular formula is C23H25N7O2. The summed E-state index contributed by atoms with van der Waals surface area (Å²) in [6.45, 7) is 2.80. The minimum absolute atomic E-state index is 0.451. The highest BCUT2D eigenvalue weighted by Crippen LogP contribution is 2.33. The number of carbonyl (C=O) groups is 1. The SMILES string of the molecule is CN1NC=C2CC=C(c3cc(Nc4ccc(C(N)=O)cc4)nc(N4CCOCC4)n3)C=C21. The molecule has 1 aliphatic carbocycles. The van der Waals surface area contributed by atoms with Crippen molar-refractivity contribution in [3.63, 3.8) is 0 Å². The van der Waals surface area contributed by atoms with Crippen LogP contribution in [0, 0.1) is 0 Å². The number of primary amides is 1. The average Bonchev–Trinajstić information content (AvgIpc) is 3.20. The Hall–Kier alpha value is -3.85. The zero-order valence-corrected chi connectivity index (χ0v) is 17.8. The zero-order valence-electron chi connectivity index (χ0n) is 17.8. The lowest BCUT2D eigenvalue weighted by atomic mass is 9.98. The van der Waals surface area contributed by atoms with Crippen LogP contribution >= 0.6 is 0 Å². The highest BCUT2D eigenvalue weighted by molar-refractivity contribution is 5.93. The van der Waals surface area contributed by atoms with Gasteiger partial charge in [-0.2, -0.15) is 4.98 Å². The number of carbonyl (C=O) groups excluding carboxylic acids is 1. The van der Waals surface area contributed by atoms with Gasteiger partial charge in [-0.1, -0.05) is 6.08 Å². The number of allylic oxidation sites excluding steroid dienone is 4. The second kappa shape index (κ2) is 8.35. The van der Waals surface area contributed by atoms with Crippen molar-refractivity contribution in [2.24, 2.45) is 5.73 Å². The molecule has 32 heavy (non-hydrogen) atoms. The summed E-state index contributed by atoms with van der Waals surface area (Å²) in [5.74, 6) is 0.898. The molecule has 1 fully saturated rings. The van der Waals surface area contributed by atoms with E-state index in [1.165, 1.54) is 5.57 Å². The minimum atomic E-state index is -0.451. The molecule has 9 heteroatoms. The monoisotopic (exact) mass is 431 g/mol. The van der Waals surface area contributed by atoms with Gasteiger partial charge in [-0.3, -0.25) is 9.80 Å². The number of amides is 1. The summed E-state index contributed by atoms with van der Waals surface area (Å²) in [5.41, 5.74) is 14.2. The Kier molecular flexibility index (Phi) is 5.24. The maximum absolute atomic E-state index is 11.4. The first-order chi connectivity index (χ1) is 15.6. The van der Waals surface area contributed by atoms with E-state index in [0.717, 1.165) is 42.2 Å². The van der Waals surface area contributed by atoms with E-state index in [1.807, 2.05) is 36.5 Å². The van der Waals surface area contributed by atoms with E-state index in [4.69, 9.17) is 20.4 Å². The van der Waals surface area contributed by atoms with Crippen LogP contribution in [0.5, 0.6) is 0 Å². The van der Waals surface area contributed by atoms with E-state index in [-0.39, 0.29) is 0 Å². The molecule has 164 valence electrons. The quantitative estimate of drug-likeness (QED) is 0.661. The fraction of sp³-hybridized carbons (Fsp3) is 0.261. The third-order valence-electron chi connectivity index (χ3n) is 5.70. The third-order valence-corrected chi connectivity index (χ3v) is 5.70. The normalized spacial score (nSPS) is 17.7. The van der Waals surface area contributed by atoms with Crippen LogP contribution in [0.25, 0.3) is 5.57 Å². The maximum atomic E-state index is 11.4. The summed E-state index contributed by atoms with van der Waals surface area (Å²) in [7, 11) is 2.00. The smallest absolute Gasteiger partial charge is 0.248 e. The van der Waals surface area contributed by atoms with E-state index in [2.05, 4.69) is 27.8 Å². The van der Waals surface area contributed by atoms with Crippen LogP contribution in [0.2, 0.25) is 0 Å². The summed E-state index contributed by atoms with van der Waals surface area (Å²) >= 11 is 0. The maximum Gasteiger partial charge on any atom is 0.248 e. The molecule has 4 N–H and O–H groups in total. The number of nitrogens with zero attached hydrogens (tertiary/aromatic N) is 4. The lowest BCUT2D eigenvalue weighted by molar-refractivity contribution is 0.100. The van der Waals surface area contributed by atoms with Gasteiger partial charge in [0.1, 0.15) is 5.82 Å². The van der Waals surface area contributed by atoms with Gasteiger partial charge in [0.25, 0.3) is 0 Å². The first-order valence-corrected chi connectivity index (χ1v) is 10.6. The van der Waals surface area contributed by atoms with Crippen molar-refractivity contribution in [3.8, 4) is 0 Å². The topological polar surface area (TPSA) is 109 Å². The van der Waals surface area contributed by atoms with E-state index in [0.29, 0.717) is 30.5 Å². The Morgan fingerprint density at radius 1 is 1.19 bits per heavy atom. The van der Waals surface area contributed by atoms with Gasteiger partial charge in [0.2, 0.25) is 11.9 Å². The Morgan fingerprint density at radius 2 is 1.97 bits per heavy atom. The second-order valence-electron chi connectivity index (χ2n) is 7.86. The molecule has 0 spiro atoms. The summed E-state index contributed by atoms with van der Waals surface area (Å²) in [4.78, 5) is 23.1. The van der Waals surface area contributed by atoms with E-state index < -0.39 is 5.91 Å². The van der Waals surface area contributed by atoms with Crippen molar-refractivity contribution in [3.05, 3.63) is 71.2 Å². The number of rotatable bonds is 5. The van der Waals surface area contributed by atoms with Crippen LogP contribution in [0.1, 0.15) is 22.5 Å². The molecule has 9 nitrogen and oxygen atoms in total. The van der Waals surface area contributed by atoms with Gasteiger partial charge in [-0.25, -0.2) is 4.98 Å². The first-order valence-electron chi connectivity index (χ1n) is 10.6. The molecule has 0 radical (unpaired) electrons. The first kappa shape index (κ1) is 20.1. The van der Waals surface area contributed by atoms with Crippen LogP contribution in [-0.4, -0.2) is 54.2 Å². The van der Waals surface area contributed by atoms with Crippen LogP contribution < -0.4 is 21.4 Å². The van der Waals surface area contributed by atoms with Crippen molar-refractivity contribution >= 4 is 28.9 Å². The van der Waals surface area contributed by atoms with Gasteiger partial charge in [0.15, 0.2) is 0 Å². The molecule has 0 saturated carbocycles. The van der Waals surface area contributed by atoms with Crippen molar-refractivity contribution in [2.75, 3.05) is 43.6 Å². The van der Waals surface area contributed by atoms with E-state index >= 15 is 0 Å². The molecule has 0 atom stereocenters. The third kappa shape index (κ3) is 4.02. The molecule has 1 aromatic carbocycles. The van der Waals surface area contributed by atoms with Crippen LogP contribution in [0.4, 0.5) is 17.5 Å². The number of nitrogens with one attached hydrogen (secondary N) is 2. The van der Waals surface area contributed by atoms with Gasteiger partial charge in [-0.15, -0.1) is 0 Å². The van der Waals surface area contributed by atoms with Gasteiger partial charge < -0.3 is 26.1 Å². The van der Waals surface area contributed by atoms with Gasteiger partial charge in [-0.05, 0) is 47.9 Å². The summed E-state index contributed by atoms with van der Waals surface area (Å²) in [5, 5.41) is 5.35. The number of hydrazine groups is 1. The van der Waals surface area contributed by atoms with Crippen molar-refractivity contribution in [1.82, 2.24) is 20.4 Å². The lowest BCUT2D eigenvalue weighted by Crippen LogP contribution is -2.37. The standard InChI is InChI=1S/C23H25N7O2/c1-29-20-12-16(2-3-17(20)14-25-29)19-13-21(26-18-6-4-15(5-7-18)22(24)31)28-23(27-19)30-8-10-32-11-9-30/h2,4-7,12-14,25H,3,8-11H2,1H3,(H2,24,31)(H,26,27,28). The largest absolute Gasteiger partial charge is 0.378 e. The summed E-state index contributed by atoms with van der Waals surface area (Å²) in [6.07, 6.45) is 7.20. The molecular weight excluding hydrogens is 406 g/mol. The lowest BCUT2D eigenvalue weighted by Gasteiger charge is -2.27. The number of fused-ring (bicyclic) bond motifs is 1. The van der Waals surface area contributed by atoms with Crippen molar-refractivity contribution in [1.29, 1.82) is 0 Å². The summed E-state index contributed by atoms with van der Waals surface area (Å²) in [6, 6.07) is 8.97. The number of morpholine rings is 1. The number of benzene rings is 1. The minimum Gasteiger partial charge on any atom is -0.378 e. The molecule has 1 saturated heterocycles. The molecule has 1 aromatic heterocycles. The number of hydrogen-bond donors (Lipinski definition) is 3.